The van der Waals surface area contributed by atoms with Crippen molar-refractivity contribution in [2.24, 2.45) is 0 Å². The first-order valence-electron chi connectivity index (χ1n) is 3.96. The lowest BCUT2D eigenvalue weighted by Crippen LogP contribution is -2.00. The third-order valence-electron chi connectivity index (χ3n) is 1.46. The van der Waals surface area contributed by atoms with Crippen molar-refractivity contribution < 1.29 is 13.9 Å². The summed E-state index contributed by atoms with van der Waals surface area (Å²) < 4.78 is 26.0. The molecule has 14 heavy (non-hydrogen) atoms. The number of pyridine rings is 1. The number of anilines is 1. The Hall–Kier alpha value is -0.880. The second-order valence-electron chi connectivity index (χ2n) is 2.43. The highest BCUT2D eigenvalue weighted by molar-refractivity contribution is 7.99. The van der Waals surface area contributed by atoms with E-state index in [1.807, 2.05) is 0 Å². The van der Waals surface area contributed by atoms with Crippen LogP contribution < -0.4 is 5.32 Å². The lowest BCUT2D eigenvalue weighted by Gasteiger charge is -2.05. The molecule has 1 aromatic rings. The number of hydrogen-bond acceptors (Lipinski definition) is 4. The Morgan fingerprint density at radius 2 is 2.21 bits per heavy atom. The number of aliphatic hydroxyl groups is 1. The van der Waals surface area contributed by atoms with E-state index in [0.29, 0.717) is 5.75 Å². The summed E-state index contributed by atoms with van der Waals surface area (Å²) in [6.45, 7) is -0.0714. The lowest BCUT2D eigenvalue weighted by molar-refractivity contribution is 0.322. The summed E-state index contributed by atoms with van der Waals surface area (Å²) in [4.78, 5) is 3.72. The van der Waals surface area contributed by atoms with Crippen molar-refractivity contribution in [1.82, 2.24) is 4.98 Å². The number of thioether (sulfide) groups is 1. The van der Waals surface area contributed by atoms with Crippen LogP contribution in [0.4, 0.5) is 14.6 Å². The predicted molar refractivity (Wildman–Crippen MR) is 51.5 cm³/mol. The molecule has 1 rings (SSSR count). The highest BCUT2D eigenvalue weighted by atomic mass is 32.2. The van der Waals surface area contributed by atoms with E-state index in [2.05, 4.69) is 10.3 Å². The Bertz CT molecular complexity index is 322. The molecule has 0 aromatic carbocycles. The molecule has 0 aliphatic rings. The highest BCUT2D eigenvalue weighted by Crippen LogP contribution is 2.23. The van der Waals surface area contributed by atoms with E-state index in [1.54, 1.807) is 0 Å². The molecule has 78 valence electrons. The molecule has 1 heterocycles. The number of hydrogen-bond donors (Lipinski definition) is 2. The fourth-order valence-corrected chi connectivity index (χ4v) is 1.51. The van der Waals surface area contributed by atoms with Crippen LogP contribution >= 0.6 is 11.8 Å². The minimum Gasteiger partial charge on any atom is -0.396 e. The van der Waals surface area contributed by atoms with Crippen LogP contribution in [-0.2, 0) is 0 Å². The largest absolute Gasteiger partial charge is 0.396 e. The van der Waals surface area contributed by atoms with Gasteiger partial charge in [0.2, 0.25) is 0 Å². The Kier molecular flexibility index (Phi) is 4.09. The summed E-state index contributed by atoms with van der Waals surface area (Å²) in [6, 6.07) is 0.776. The van der Waals surface area contributed by atoms with Gasteiger partial charge in [0.1, 0.15) is 5.03 Å². The van der Waals surface area contributed by atoms with Gasteiger partial charge in [-0.25, -0.2) is 13.8 Å². The molecule has 6 heteroatoms. The molecule has 0 saturated carbocycles. The number of aromatic nitrogens is 1. The summed E-state index contributed by atoms with van der Waals surface area (Å²) in [6.07, 6.45) is 0. The molecule has 0 bridgehead atoms. The van der Waals surface area contributed by atoms with Crippen molar-refractivity contribution in [1.29, 1.82) is 0 Å². The third-order valence-corrected chi connectivity index (χ3v) is 2.41. The Labute approximate surface area is 84.5 Å². The fourth-order valence-electron chi connectivity index (χ4n) is 0.869. The summed E-state index contributed by atoms with van der Waals surface area (Å²) in [5.74, 6) is -1.09. The van der Waals surface area contributed by atoms with Gasteiger partial charge in [0, 0.05) is 18.9 Å². The lowest BCUT2D eigenvalue weighted by atomic mass is 10.4. The minimum atomic E-state index is -0.724. The molecule has 1 aromatic heterocycles. The maximum Gasteiger partial charge on any atom is 0.168 e. The summed E-state index contributed by atoms with van der Waals surface area (Å²) in [5.41, 5.74) is 0. The fraction of sp³-hybridized carbons (Fsp3) is 0.375. The summed E-state index contributed by atoms with van der Waals surface area (Å²) in [5, 5.41) is 11.1. The molecule has 0 saturated heterocycles. The van der Waals surface area contributed by atoms with Crippen LogP contribution in [0.15, 0.2) is 11.1 Å². The maximum atomic E-state index is 13.1. The normalized spacial score (nSPS) is 10.3. The second kappa shape index (κ2) is 5.11. The summed E-state index contributed by atoms with van der Waals surface area (Å²) >= 11 is 1.04. The third kappa shape index (κ3) is 2.55. The summed E-state index contributed by atoms with van der Waals surface area (Å²) in [7, 11) is 1.50. The van der Waals surface area contributed by atoms with Crippen LogP contribution in [0, 0.1) is 11.6 Å². The van der Waals surface area contributed by atoms with Gasteiger partial charge in [-0.15, -0.1) is 11.8 Å². The van der Waals surface area contributed by atoms with E-state index in [-0.39, 0.29) is 17.5 Å². The SMILES string of the molecule is CNc1nc(SCCO)c(F)cc1F. The van der Waals surface area contributed by atoms with E-state index in [4.69, 9.17) is 5.11 Å². The number of halogens is 2. The van der Waals surface area contributed by atoms with Crippen LogP contribution in [0.25, 0.3) is 0 Å². The van der Waals surface area contributed by atoms with Gasteiger partial charge in [-0.05, 0) is 0 Å². The van der Waals surface area contributed by atoms with Gasteiger partial charge in [-0.2, -0.15) is 0 Å². The zero-order chi connectivity index (χ0) is 10.6. The van der Waals surface area contributed by atoms with Gasteiger partial charge in [0.15, 0.2) is 17.5 Å². The molecule has 0 radical (unpaired) electrons. The molecule has 0 amide bonds. The Morgan fingerprint density at radius 3 is 2.79 bits per heavy atom. The quantitative estimate of drug-likeness (QED) is 0.754. The number of aliphatic hydroxyl groups excluding tert-OH is 1. The van der Waals surface area contributed by atoms with Crippen molar-refractivity contribution in [3.05, 3.63) is 17.7 Å². The van der Waals surface area contributed by atoms with Gasteiger partial charge in [0.05, 0.1) is 6.61 Å². The molecular formula is C8H10F2N2OS. The van der Waals surface area contributed by atoms with Crippen LogP contribution in [0.3, 0.4) is 0 Å². The number of nitrogens with zero attached hydrogens (tertiary/aromatic N) is 1. The van der Waals surface area contributed by atoms with Gasteiger partial charge in [-0.1, -0.05) is 0 Å². The van der Waals surface area contributed by atoms with Gasteiger partial charge >= 0.3 is 0 Å². The Balaban J connectivity index is 2.92. The van der Waals surface area contributed by atoms with Crippen LogP contribution in [-0.4, -0.2) is 29.5 Å². The average molecular weight is 220 g/mol. The van der Waals surface area contributed by atoms with Gasteiger partial charge in [0.25, 0.3) is 0 Å². The number of nitrogens with one attached hydrogen (secondary N) is 1. The molecule has 0 unspecified atom stereocenters. The van der Waals surface area contributed by atoms with Crippen molar-refractivity contribution in [3.63, 3.8) is 0 Å². The molecule has 2 N–H and O–H groups in total. The first-order valence-corrected chi connectivity index (χ1v) is 4.95. The average Bonchev–Trinajstić information content (AvgIpc) is 2.17. The second-order valence-corrected chi connectivity index (χ2v) is 3.51. The van der Waals surface area contributed by atoms with Crippen molar-refractivity contribution >= 4 is 17.6 Å². The Morgan fingerprint density at radius 1 is 1.50 bits per heavy atom. The highest BCUT2D eigenvalue weighted by Gasteiger charge is 2.10. The standard InChI is InChI=1S/C8H10F2N2OS/c1-11-7-5(9)4-6(10)8(12-7)14-3-2-13/h4,13H,2-3H2,1H3,(H,11,12). The first kappa shape index (κ1) is 11.2. The zero-order valence-electron chi connectivity index (χ0n) is 7.55. The van der Waals surface area contributed by atoms with Crippen LogP contribution in [0.5, 0.6) is 0 Å². The van der Waals surface area contributed by atoms with E-state index < -0.39 is 11.6 Å². The molecule has 0 spiro atoms. The molecule has 0 atom stereocenters. The molecule has 3 nitrogen and oxygen atoms in total. The monoisotopic (exact) mass is 220 g/mol. The van der Waals surface area contributed by atoms with Crippen LogP contribution in [0.1, 0.15) is 0 Å². The predicted octanol–water partition coefficient (Wildman–Crippen LogP) is 1.49. The van der Waals surface area contributed by atoms with Crippen molar-refractivity contribution in [2.45, 2.75) is 5.03 Å². The van der Waals surface area contributed by atoms with E-state index in [9.17, 15) is 8.78 Å². The number of rotatable bonds is 4. The molecule has 0 fully saturated rings. The van der Waals surface area contributed by atoms with Gasteiger partial charge in [-0.3, -0.25) is 0 Å². The smallest absolute Gasteiger partial charge is 0.168 e. The minimum absolute atomic E-state index is 0.00633. The van der Waals surface area contributed by atoms with E-state index >= 15 is 0 Å². The van der Waals surface area contributed by atoms with Crippen molar-refractivity contribution in [2.75, 3.05) is 24.7 Å². The zero-order valence-corrected chi connectivity index (χ0v) is 8.37. The van der Waals surface area contributed by atoms with Gasteiger partial charge < -0.3 is 10.4 Å². The topological polar surface area (TPSA) is 45.2 Å². The maximum absolute atomic E-state index is 13.1. The van der Waals surface area contributed by atoms with Crippen LogP contribution in [0.2, 0.25) is 0 Å². The molecule has 0 aliphatic carbocycles. The molecular weight excluding hydrogens is 210 g/mol. The molecule has 0 aliphatic heterocycles. The first-order chi connectivity index (χ1) is 6.69. The van der Waals surface area contributed by atoms with E-state index in [0.717, 1.165) is 17.8 Å². The van der Waals surface area contributed by atoms with E-state index in [1.165, 1.54) is 7.05 Å². The van der Waals surface area contributed by atoms with Crippen molar-refractivity contribution in [3.8, 4) is 0 Å².